The van der Waals surface area contributed by atoms with Crippen LogP contribution in [0, 0.1) is 12.3 Å². The fourth-order valence-electron chi connectivity index (χ4n) is 1.25. The maximum Gasteiger partial charge on any atom is 0.407 e. The first-order valence-corrected chi connectivity index (χ1v) is 5.75. The van der Waals surface area contributed by atoms with Gasteiger partial charge >= 0.3 is 18.4 Å². The van der Waals surface area contributed by atoms with Crippen LogP contribution in [0.25, 0.3) is 0 Å². The number of amides is 1. The minimum absolute atomic E-state index is 0.218. The Hall–Kier alpha value is -1.19. The maximum atomic E-state index is 12.3. The number of carbonyl (C=O) groups is 1. The zero-order valence-corrected chi connectivity index (χ0v) is 11.5. The van der Waals surface area contributed by atoms with Crippen molar-refractivity contribution in [2.45, 2.75) is 44.8 Å². The minimum Gasteiger partial charge on any atom is -0.444 e. The van der Waals surface area contributed by atoms with Crippen LogP contribution in [0.15, 0.2) is 0 Å². The minimum atomic E-state index is -5.58. The zero-order valence-electron chi connectivity index (χ0n) is 11.5. The van der Waals surface area contributed by atoms with Crippen LogP contribution >= 0.6 is 0 Å². The Kier molecular flexibility index (Phi) is 6.33. The molecule has 0 aromatic rings. The fourth-order valence-corrected chi connectivity index (χ4v) is 1.25. The Labute approximate surface area is 117 Å². The van der Waals surface area contributed by atoms with Gasteiger partial charge in [0, 0.05) is 6.42 Å². The number of hydrogen-bond donors (Lipinski definition) is 2. The first-order valence-electron chi connectivity index (χ1n) is 5.75. The smallest absolute Gasteiger partial charge is 0.407 e. The van der Waals surface area contributed by atoms with Crippen LogP contribution in [0.2, 0.25) is 0 Å². The summed E-state index contributed by atoms with van der Waals surface area (Å²) in [6.07, 6.45) is -12.6. The van der Waals surface area contributed by atoms with Crippen molar-refractivity contribution in [3.8, 4) is 0 Å². The molecule has 4 nitrogen and oxygen atoms in total. The number of alkyl carbamates (subject to hydrolysis) is 1. The molecule has 0 aromatic carbocycles. The molecule has 1 radical (unpaired) electrons. The van der Waals surface area contributed by atoms with E-state index in [9.17, 15) is 31.1 Å². The number of nitrogens with one attached hydrogen (secondary N) is 1. The topological polar surface area (TPSA) is 58.6 Å². The molecule has 0 unspecified atom stereocenters. The van der Waals surface area contributed by atoms with Gasteiger partial charge in [-0.2, -0.15) is 26.3 Å². The molecule has 0 saturated heterocycles. The summed E-state index contributed by atoms with van der Waals surface area (Å²) in [6, 6.07) is -1.85. The van der Waals surface area contributed by atoms with Crippen molar-refractivity contribution in [2.75, 3.05) is 6.61 Å². The van der Waals surface area contributed by atoms with Crippen molar-refractivity contribution in [2.24, 2.45) is 5.92 Å². The molecule has 21 heavy (non-hydrogen) atoms. The van der Waals surface area contributed by atoms with Crippen LogP contribution < -0.4 is 5.32 Å². The molecule has 0 bridgehead atoms. The molecule has 0 saturated carbocycles. The molecule has 10 heteroatoms. The summed E-state index contributed by atoms with van der Waals surface area (Å²) in [5.74, 6) is -3.77. The molecule has 1 amide bonds. The summed E-state index contributed by atoms with van der Waals surface area (Å²) in [4.78, 5) is 11.3. The van der Waals surface area contributed by atoms with Gasteiger partial charge in [-0.3, -0.25) is 0 Å². The summed E-state index contributed by atoms with van der Waals surface area (Å²) in [7, 11) is 0. The Morgan fingerprint density at radius 3 is 1.86 bits per heavy atom. The molecule has 2 N–H and O–H groups in total. The molecular formula is C11H16F6NO3. The second-order valence-electron chi connectivity index (χ2n) is 5.19. The molecule has 0 aliphatic rings. The highest BCUT2D eigenvalue weighted by atomic mass is 19.4. The van der Waals surface area contributed by atoms with Crippen LogP contribution in [-0.4, -0.2) is 41.8 Å². The number of alkyl halides is 6. The Morgan fingerprint density at radius 1 is 1.14 bits per heavy atom. The third-order valence-electron chi connectivity index (χ3n) is 2.03. The average molecular weight is 324 g/mol. The first kappa shape index (κ1) is 19.8. The molecule has 0 aromatic heterocycles. The van der Waals surface area contributed by atoms with Gasteiger partial charge in [0.1, 0.15) is 5.60 Å². The van der Waals surface area contributed by atoms with Crippen molar-refractivity contribution in [1.29, 1.82) is 0 Å². The lowest BCUT2D eigenvalue weighted by Gasteiger charge is -2.27. The lowest BCUT2D eigenvalue weighted by atomic mass is 9.99. The molecule has 0 rings (SSSR count). The number of aliphatic hydroxyl groups is 1. The van der Waals surface area contributed by atoms with E-state index >= 15 is 0 Å². The van der Waals surface area contributed by atoms with E-state index in [0.29, 0.717) is 0 Å². The number of hydrogen-bond acceptors (Lipinski definition) is 3. The SMILES string of the molecule is CC(C)(C)OC(=O)N[C@@H]([CH]C(C(F)(F)F)C(F)(F)F)CO. The number of rotatable bonds is 4. The van der Waals surface area contributed by atoms with Crippen molar-refractivity contribution < 1.29 is 41.0 Å². The first-order chi connectivity index (χ1) is 9.16. The van der Waals surface area contributed by atoms with Gasteiger partial charge in [0.05, 0.1) is 12.6 Å². The lowest BCUT2D eigenvalue weighted by Crippen LogP contribution is -2.47. The van der Waals surface area contributed by atoms with Gasteiger partial charge in [0.2, 0.25) is 0 Å². The standard InChI is InChI=1S/C11H16F6NO3/c1-9(2,3)21-8(20)18-6(5-19)4-7(10(12,13)14)11(15,16)17/h4,6-7,19H,5H2,1-3H3,(H,18,20)/t6-/m0/s1. The van der Waals surface area contributed by atoms with Gasteiger partial charge in [-0.15, -0.1) is 0 Å². The van der Waals surface area contributed by atoms with E-state index < -0.39 is 42.6 Å². The van der Waals surface area contributed by atoms with E-state index in [1.165, 1.54) is 20.8 Å². The summed E-state index contributed by atoms with van der Waals surface area (Å²) < 4.78 is 78.7. The second kappa shape index (κ2) is 6.71. The van der Waals surface area contributed by atoms with Crippen molar-refractivity contribution >= 4 is 6.09 Å². The molecule has 125 valence electrons. The predicted molar refractivity (Wildman–Crippen MR) is 60.1 cm³/mol. The van der Waals surface area contributed by atoms with Gasteiger partial charge in [-0.25, -0.2) is 4.79 Å². The predicted octanol–water partition coefficient (Wildman–Crippen LogP) is 2.82. The highest BCUT2D eigenvalue weighted by molar-refractivity contribution is 5.68. The molecule has 0 fully saturated rings. The normalized spacial score (nSPS) is 15.0. The van der Waals surface area contributed by atoms with E-state index in [2.05, 4.69) is 4.74 Å². The van der Waals surface area contributed by atoms with Crippen molar-refractivity contribution in [1.82, 2.24) is 5.32 Å². The highest BCUT2D eigenvalue weighted by Gasteiger charge is 2.57. The van der Waals surface area contributed by atoms with Crippen LogP contribution in [-0.2, 0) is 4.74 Å². The van der Waals surface area contributed by atoms with Crippen LogP contribution in [0.1, 0.15) is 20.8 Å². The maximum absolute atomic E-state index is 12.3. The van der Waals surface area contributed by atoms with Crippen LogP contribution in [0.4, 0.5) is 31.1 Å². The third-order valence-corrected chi connectivity index (χ3v) is 2.03. The van der Waals surface area contributed by atoms with Gasteiger partial charge in [-0.05, 0) is 20.8 Å². The summed E-state index contributed by atoms with van der Waals surface area (Å²) >= 11 is 0. The second-order valence-corrected chi connectivity index (χ2v) is 5.19. The fraction of sp³-hybridized carbons (Fsp3) is 0.818. The molecule has 0 aliphatic carbocycles. The van der Waals surface area contributed by atoms with Gasteiger partial charge in [0.25, 0.3) is 0 Å². The molecule has 0 spiro atoms. The monoisotopic (exact) mass is 324 g/mol. The third kappa shape index (κ3) is 7.98. The number of halogens is 6. The van der Waals surface area contributed by atoms with Gasteiger partial charge in [-0.1, -0.05) is 0 Å². The van der Waals surface area contributed by atoms with Crippen LogP contribution in [0.3, 0.4) is 0 Å². The van der Waals surface area contributed by atoms with Gasteiger partial charge in [0.15, 0.2) is 5.92 Å². The molecule has 0 aliphatic heterocycles. The summed E-state index contributed by atoms with van der Waals surface area (Å²) in [5.41, 5.74) is -0.989. The number of carbonyl (C=O) groups excluding carboxylic acids is 1. The summed E-state index contributed by atoms with van der Waals surface area (Å²) in [6.45, 7) is 3.23. The number of aliphatic hydroxyl groups excluding tert-OH is 1. The Morgan fingerprint density at radius 2 is 1.57 bits per heavy atom. The average Bonchev–Trinajstić information content (AvgIpc) is 2.17. The summed E-state index contributed by atoms with van der Waals surface area (Å²) in [5, 5.41) is 10.5. The van der Waals surface area contributed by atoms with Crippen molar-refractivity contribution in [3.05, 3.63) is 6.42 Å². The van der Waals surface area contributed by atoms with Crippen molar-refractivity contribution in [3.63, 3.8) is 0 Å². The zero-order chi connectivity index (χ0) is 17.1. The van der Waals surface area contributed by atoms with Crippen LogP contribution in [0.5, 0.6) is 0 Å². The quantitative estimate of drug-likeness (QED) is 0.782. The molecular weight excluding hydrogens is 308 g/mol. The van der Waals surface area contributed by atoms with E-state index in [1.807, 2.05) is 0 Å². The molecule has 1 atom stereocenters. The van der Waals surface area contributed by atoms with E-state index in [1.54, 1.807) is 5.32 Å². The van der Waals surface area contributed by atoms with E-state index in [4.69, 9.17) is 5.11 Å². The highest BCUT2D eigenvalue weighted by Crippen LogP contribution is 2.41. The Bertz CT molecular complexity index is 333. The number of ether oxygens (including phenoxy) is 1. The molecule has 0 heterocycles. The largest absolute Gasteiger partial charge is 0.444 e. The Balaban J connectivity index is 4.85. The van der Waals surface area contributed by atoms with Gasteiger partial charge < -0.3 is 15.2 Å². The van der Waals surface area contributed by atoms with E-state index in [0.717, 1.165) is 0 Å². The lowest BCUT2D eigenvalue weighted by molar-refractivity contribution is -0.274. The van der Waals surface area contributed by atoms with E-state index in [-0.39, 0.29) is 6.42 Å².